The molecule has 0 saturated heterocycles. The Hall–Kier alpha value is -4.87. The van der Waals surface area contributed by atoms with Crippen molar-refractivity contribution in [3.05, 3.63) is 74.1 Å². The number of aromatic nitrogens is 1. The number of rotatable bonds is 9. The fourth-order valence-corrected chi connectivity index (χ4v) is 4.51. The maximum Gasteiger partial charge on any atom is 0.270 e. The number of hydrogen-bond acceptors (Lipinski definition) is 8. The SMILES string of the molecule is CCn1c(=C(C#N)C(=O)NCC#N)sc(=CNc2cccc(NC(=O)CN(C)c3ccccc3)c2)c1=O. The van der Waals surface area contributed by atoms with E-state index in [9.17, 15) is 19.6 Å². The van der Waals surface area contributed by atoms with Crippen LogP contribution < -0.4 is 35.6 Å². The van der Waals surface area contributed by atoms with Crippen LogP contribution in [0.25, 0.3) is 11.8 Å². The number of nitriles is 2. The van der Waals surface area contributed by atoms with Crippen molar-refractivity contribution in [1.82, 2.24) is 9.88 Å². The van der Waals surface area contributed by atoms with E-state index in [-0.39, 0.29) is 45.9 Å². The molecule has 3 aromatic rings. The summed E-state index contributed by atoms with van der Waals surface area (Å²) in [6, 6.07) is 20.2. The van der Waals surface area contributed by atoms with Gasteiger partial charge in [0.25, 0.3) is 11.5 Å². The fourth-order valence-electron chi connectivity index (χ4n) is 3.42. The summed E-state index contributed by atoms with van der Waals surface area (Å²) in [5.41, 5.74) is 1.54. The Bertz CT molecular complexity index is 1550. The van der Waals surface area contributed by atoms with Crippen molar-refractivity contribution < 1.29 is 9.59 Å². The molecule has 10 nitrogen and oxygen atoms in total. The summed E-state index contributed by atoms with van der Waals surface area (Å²) in [5, 5.41) is 26.4. The van der Waals surface area contributed by atoms with Gasteiger partial charge in [-0.3, -0.25) is 19.0 Å². The van der Waals surface area contributed by atoms with Gasteiger partial charge >= 0.3 is 0 Å². The van der Waals surface area contributed by atoms with E-state index in [0.717, 1.165) is 17.0 Å². The quantitative estimate of drug-likeness (QED) is 0.363. The van der Waals surface area contributed by atoms with E-state index < -0.39 is 5.91 Å². The van der Waals surface area contributed by atoms with Gasteiger partial charge in [0.1, 0.15) is 21.8 Å². The molecule has 0 radical (unpaired) electrons. The zero-order valence-electron chi connectivity index (χ0n) is 20.3. The molecule has 2 aromatic carbocycles. The molecule has 0 unspecified atom stereocenters. The van der Waals surface area contributed by atoms with Crippen LogP contribution in [0.4, 0.5) is 17.1 Å². The molecule has 188 valence electrons. The van der Waals surface area contributed by atoms with Crippen molar-refractivity contribution in [3.8, 4) is 12.1 Å². The average Bonchev–Trinajstić information content (AvgIpc) is 3.21. The number of carbonyl (C=O) groups is 2. The lowest BCUT2D eigenvalue weighted by Crippen LogP contribution is -2.34. The van der Waals surface area contributed by atoms with Gasteiger partial charge in [0.15, 0.2) is 5.57 Å². The van der Waals surface area contributed by atoms with E-state index in [4.69, 9.17) is 5.26 Å². The van der Waals surface area contributed by atoms with Crippen LogP contribution in [0.2, 0.25) is 0 Å². The summed E-state index contributed by atoms with van der Waals surface area (Å²) in [4.78, 5) is 39.5. The Morgan fingerprint density at radius 3 is 2.51 bits per heavy atom. The Morgan fingerprint density at radius 2 is 1.84 bits per heavy atom. The third-order valence-corrected chi connectivity index (χ3v) is 6.33. The number of carbonyl (C=O) groups excluding carboxylic acids is 2. The minimum atomic E-state index is -0.714. The van der Waals surface area contributed by atoms with Crippen LogP contribution in [0.3, 0.4) is 0 Å². The van der Waals surface area contributed by atoms with E-state index >= 15 is 0 Å². The molecule has 0 aliphatic heterocycles. The molecule has 37 heavy (non-hydrogen) atoms. The first-order valence-electron chi connectivity index (χ1n) is 11.3. The lowest BCUT2D eigenvalue weighted by molar-refractivity contribution is -0.116. The maximum absolute atomic E-state index is 12.9. The summed E-state index contributed by atoms with van der Waals surface area (Å²) >= 11 is 0.998. The molecule has 3 rings (SSSR count). The van der Waals surface area contributed by atoms with Gasteiger partial charge in [0, 0.05) is 36.9 Å². The van der Waals surface area contributed by atoms with Gasteiger partial charge < -0.3 is 20.9 Å². The van der Waals surface area contributed by atoms with Crippen molar-refractivity contribution in [2.75, 3.05) is 35.7 Å². The molecule has 0 saturated carbocycles. The molecule has 0 bridgehead atoms. The molecule has 1 aromatic heterocycles. The molecule has 2 amide bonds. The first-order chi connectivity index (χ1) is 17.9. The summed E-state index contributed by atoms with van der Waals surface area (Å²) in [7, 11) is 1.84. The second kappa shape index (κ2) is 12.7. The number of thiazole rings is 1. The van der Waals surface area contributed by atoms with Crippen molar-refractivity contribution in [2.24, 2.45) is 0 Å². The van der Waals surface area contributed by atoms with Gasteiger partial charge in [-0.05, 0) is 37.3 Å². The molecule has 1 heterocycles. The van der Waals surface area contributed by atoms with Crippen LogP contribution in [-0.4, -0.2) is 36.5 Å². The lowest BCUT2D eigenvalue weighted by Gasteiger charge is -2.18. The third-order valence-electron chi connectivity index (χ3n) is 5.20. The van der Waals surface area contributed by atoms with Crippen molar-refractivity contribution in [2.45, 2.75) is 13.5 Å². The minimum Gasteiger partial charge on any atom is -0.365 e. The number of hydrogen-bond donors (Lipinski definition) is 3. The van der Waals surface area contributed by atoms with Crippen molar-refractivity contribution in [1.29, 1.82) is 10.5 Å². The summed E-state index contributed by atoms with van der Waals surface area (Å²) < 4.78 is 1.83. The predicted molar refractivity (Wildman–Crippen MR) is 144 cm³/mol. The number of para-hydroxylation sites is 1. The topological polar surface area (TPSA) is 143 Å². The predicted octanol–water partition coefficient (Wildman–Crippen LogP) is 1.17. The van der Waals surface area contributed by atoms with Crippen molar-refractivity contribution in [3.63, 3.8) is 0 Å². The average molecular weight is 516 g/mol. The number of anilines is 3. The second-order valence-corrected chi connectivity index (χ2v) is 8.79. The Morgan fingerprint density at radius 1 is 1.11 bits per heavy atom. The number of amides is 2. The maximum atomic E-state index is 12.9. The van der Waals surface area contributed by atoms with E-state index in [0.29, 0.717) is 11.4 Å². The normalized spacial score (nSPS) is 11.6. The first kappa shape index (κ1) is 26.7. The zero-order chi connectivity index (χ0) is 26.8. The lowest BCUT2D eigenvalue weighted by atomic mass is 10.2. The van der Waals surface area contributed by atoms with Gasteiger partial charge in [-0.1, -0.05) is 24.3 Å². The van der Waals surface area contributed by atoms with Crippen molar-refractivity contribution >= 4 is 52.0 Å². The number of likely N-dealkylation sites (N-methyl/N-ethyl adjacent to an activating group) is 1. The van der Waals surface area contributed by atoms with Crippen LogP contribution in [0.15, 0.2) is 59.4 Å². The number of nitrogens with one attached hydrogen (secondary N) is 3. The summed E-state index contributed by atoms with van der Waals surface area (Å²) in [5.74, 6) is -0.899. The van der Waals surface area contributed by atoms with Gasteiger partial charge in [-0.2, -0.15) is 10.5 Å². The van der Waals surface area contributed by atoms with E-state index in [2.05, 4.69) is 16.0 Å². The zero-order valence-corrected chi connectivity index (χ0v) is 21.1. The van der Waals surface area contributed by atoms with Crippen LogP contribution in [0.5, 0.6) is 0 Å². The highest BCUT2D eigenvalue weighted by Gasteiger charge is 2.15. The molecular weight excluding hydrogens is 490 g/mol. The third kappa shape index (κ3) is 6.84. The van der Waals surface area contributed by atoms with Crippen LogP contribution >= 0.6 is 11.3 Å². The van der Waals surface area contributed by atoms with E-state index in [1.807, 2.05) is 48.3 Å². The van der Waals surface area contributed by atoms with Gasteiger partial charge in [-0.25, -0.2) is 0 Å². The Kier molecular flexibility index (Phi) is 9.19. The van der Waals surface area contributed by atoms with Crippen LogP contribution in [0.1, 0.15) is 6.92 Å². The molecule has 0 aliphatic carbocycles. The van der Waals surface area contributed by atoms with Crippen LogP contribution in [-0.2, 0) is 16.1 Å². The molecule has 3 N–H and O–H groups in total. The monoisotopic (exact) mass is 515 g/mol. The van der Waals surface area contributed by atoms with Crippen LogP contribution in [0, 0.1) is 22.7 Å². The Balaban J connectivity index is 1.80. The van der Waals surface area contributed by atoms with Gasteiger partial charge in [-0.15, -0.1) is 11.3 Å². The molecule has 0 atom stereocenters. The second-order valence-electron chi connectivity index (χ2n) is 7.76. The molecule has 0 fully saturated rings. The Labute approximate surface area is 217 Å². The number of benzene rings is 2. The van der Waals surface area contributed by atoms with Gasteiger partial charge in [0.05, 0.1) is 12.6 Å². The van der Waals surface area contributed by atoms with E-state index in [1.54, 1.807) is 37.3 Å². The standard InChI is InChI=1S/C26H25N7O3S/c1-3-33-25(36)22(37-26(33)21(15-28)24(35)29-13-12-27)16-30-18-8-7-9-19(14-18)31-23(34)17-32(2)20-10-5-4-6-11-20/h4-11,14,16,30H,3,13,17H2,1-2H3,(H,29,35)(H,31,34). The molecular formula is C26H25N7O3S. The smallest absolute Gasteiger partial charge is 0.270 e. The highest BCUT2D eigenvalue weighted by atomic mass is 32.1. The minimum absolute atomic E-state index is 0.169. The molecule has 11 heteroatoms. The molecule has 0 aliphatic rings. The van der Waals surface area contributed by atoms with Gasteiger partial charge in [0.2, 0.25) is 5.91 Å². The summed E-state index contributed by atoms with van der Waals surface area (Å²) in [6.07, 6.45) is 1.49. The summed E-state index contributed by atoms with van der Waals surface area (Å²) in [6.45, 7) is 1.91. The van der Waals surface area contributed by atoms with E-state index in [1.165, 1.54) is 10.8 Å². The highest BCUT2D eigenvalue weighted by Crippen LogP contribution is 2.16. The first-order valence-corrected chi connectivity index (χ1v) is 12.1. The highest BCUT2D eigenvalue weighted by molar-refractivity contribution is 7.07. The number of nitrogens with zero attached hydrogens (tertiary/aromatic N) is 4. The largest absolute Gasteiger partial charge is 0.365 e. The molecule has 0 spiro atoms. The fraction of sp³-hybridized carbons (Fsp3) is 0.192.